The van der Waals surface area contributed by atoms with Crippen molar-refractivity contribution in [1.82, 2.24) is 10.2 Å². The summed E-state index contributed by atoms with van der Waals surface area (Å²) in [6.45, 7) is 1.50. The van der Waals surface area contributed by atoms with E-state index < -0.39 is 0 Å². The van der Waals surface area contributed by atoms with E-state index in [4.69, 9.17) is 4.74 Å². The number of thiophene rings is 1. The summed E-state index contributed by atoms with van der Waals surface area (Å²) < 4.78 is 5.03. The Morgan fingerprint density at radius 3 is 2.93 bits per heavy atom. The number of carbonyl (C=O) groups is 1. The summed E-state index contributed by atoms with van der Waals surface area (Å²) in [5.41, 5.74) is 0. The number of ether oxygens (including phenoxy) is 1. The maximum atomic E-state index is 11.8. The first-order chi connectivity index (χ1) is 7.19. The lowest BCUT2D eigenvalue weighted by Gasteiger charge is -2.15. The van der Waals surface area contributed by atoms with Gasteiger partial charge in [0.15, 0.2) is 0 Å². The van der Waals surface area contributed by atoms with E-state index in [0.717, 1.165) is 12.3 Å². The number of likely N-dealkylation sites (N-methyl/N-ethyl adjacent to an activating group) is 2. The fourth-order valence-corrected chi connectivity index (χ4v) is 1.96. The summed E-state index contributed by atoms with van der Waals surface area (Å²) >= 11 is 1.41. The molecular weight excluding hydrogens is 212 g/mol. The van der Waals surface area contributed by atoms with Crippen LogP contribution in [0.5, 0.6) is 5.75 Å². The molecule has 0 aromatic carbocycles. The Kier molecular flexibility index (Phi) is 4.58. The number of nitrogens with one attached hydrogen (secondary N) is 1. The maximum Gasteiger partial charge on any atom is 0.263 e. The normalized spacial score (nSPS) is 10.1. The second kappa shape index (κ2) is 5.72. The lowest BCUT2D eigenvalue weighted by atomic mass is 10.4. The van der Waals surface area contributed by atoms with E-state index in [9.17, 15) is 4.79 Å². The van der Waals surface area contributed by atoms with Crippen LogP contribution in [0, 0.1) is 0 Å². The van der Waals surface area contributed by atoms with Crippen molar-refractivity contribution in [1.29, 1.82) is 0 Å². The van der Waals surface area contributed by atoms with Gasteiger partial charge in [-0.25, -0.2) is 0 Å². The molecule has 4 nitrogen and oxygen atoms in total. The summed E-state index contributed by atoms with van der Waals surface area (Å²) in [6.07, 6.45) is 0. The summed E-state index contributed by atoms with van der Waals surface area (Å²) in [5, 5.41) is 4.84. The van der Waals surface area contributed by atoms with Crippen molar-refractivity contribution in [2.75, 3.05) is 34.3 Å². The van der Waals surface area contributed by atoms with Crippen molar-refractivity contribution >= 4 is 17.2 Å². The number of nitrogens with zero attached hydrogens (tertiary/aromatic N) is 1. The van der Waals surface area contributed by atoms with Crippen LogP contribution >= 0.6 is 11.3 Å². The third kappa shape index (κ3) is 3.21. The molecule has 84 valence electrons. The predicted octanol–water partition coefficient (Wildman–Crippen LogP) is 1.05. The SMILES string of the molecule is CNCCN(C)C(=O)c1cc(OC)cs1. The van der Waals surface area contributed by atoms with Crippen molar-refractivity contribution in [2.45, 2.75) is 0 Å². The summed E-state index contributed by atoms with van der Waals surface area (Å²) in [6, 6.07) is 1.77. The number of methoxy groups -OCH3 is 1. The Morgan fingerprint density at radius 2 is 2.40 bits per heavy atom. The summed E-state index contributed by atoms with van der Waals surface area (Å²) in [4.78, 5) is 14.2. The van der Waals surface area contributed by atoms with Gasteiger partial charge in [-0.2, -0.15) is 0 Å². The van der Waals surface area contributed by atoms with Gasteiger partial charge >= 0.3 is 0 Å². The van der Waals surface area contributed by atoms with Gasteiger partial charge in [-0.3, -0.25) is 4.79 Å². The molecule has 0 aliphatic carbocycles. The third-order valence-electron chi connectivity index (χ3n) is 2.07. The molecule has 0 unspecified atom stereocenters. The Balaban J connectivity index is 2.59. The fraction of sp³-hybridized carbons (Fsp3) is 0.500. The van der Waals surface area contributed by atoms with E-state index in [2.05, 4.69) is 5.32 Å². The Labute approximate surface area is 93.8 Å². The molecule has 0 radical (unpaired) electrons. The Morgan fingerprint density at radius 1 is 1.67 bits per heavy atom. The first-order valence-electron chi connectivity index (χ1n) is 4.71. The van der Waals surface area contributed by atoms with Crippen molar-refractivity contribution in [3.63, 3.8) is 0 Å². The number of rotatable bonds is 5. The van der Waals surface area contributed by atoms with E-state index in [0.29, 0.717) is 11.4 Å². The number of hydrogen-bond acceptors (Lipinski definition) is 4. The van der Waals surface area contributed by atoms with Crippen molar-refractivity contribution in [2.24, 2.45) is 0 Å². The zero-order valence-electron chi connectivity index (χ0n) is 9.24. The minimum absolute atomic E-state index is 0.0403. The molecule has 5 heteroatoms. The van der Waals surface area contributed by atoms with Crippen LogP contribution in [0.2, 0.25) is 0 Å². The number of hydrogen-bond donors (Lipinski definition) is 1. The molecule has 0 saturated heterocycles. The molecule has 0 atom stereocenters. The van der Waals surface area contributed by atoms with Gasteiger partial charge in [-0.05, 0) is 7.05 Å². The first-order valence-corrected chi connectivity index (χ1v) is 5.59. The van der Waals surface area contributed by atoms with Crippen LogP contribution in [0.15, 0.2) is 11.4 Å². The number of amides is 1. The van der Waals surface area contributed by atoms with Crippen molar-refractivity contribution in [3.8, 4) is 5.75 Å². The predicted molar refractivity (Wildman–Crippen MR) is 61.8 cm³/mol. The molecule has 1 rings (SSSR count). The van der Waals surface area contributed by atoms with Crippen molar-refractivity contribution in [3.05, 3.63) is 16.3 Å². The second-order valence-electron chi connectivity index (χ2n) is 3.18. The largest absolute Gasteiger partial charge is 0.496 e. The van der Waals surface area contributed by atoms with E-state index in [-0.39, 0.29) is 5.91 Å². The fourth-order valence-electron chi connectivity index (χ4n) is 1.11. The van der Waals surface area contributed by atoms with Crippen LogP contribution in [0.4, 0.5) is 0 Å². The maximum absolute atomic E-state index is 11.8. The van der Waals surface area contributed by atoms with Crippen LogP contribution in [0.25, 0.3) is 0 Å². The summed E-state index contributed by atoms with van der Waals surface area (Å²) in [5.74, 6) is 0.781. The molecule has 1 amide bonds. The minimum Gasteiger partial charge on any atom is -0.496 e. The molecule has 0 bridgehead atoms. The molecular formula is C10H16N2O2S. The molecule has 1 aromatic rings. The number of carbonyl (C=O) groups excluding carboxylic acids is 1. The van der Waals surface area contributed by atoms with Gasteiger partial charge in [0.2, 0.25) is 0 Å². The third-order valence-corrected chi connectivity index (χ3v) is 2.96. The van der Waals surface area contributed by atoms with Crippen LogP contribution in [0.1, 0.15) is 9.67 Å². The molecule has 0 spiro atoms. The highest BCUT2D eigenvalue weighted by atomic mass is 32.1. The second-order valence-corrected chi connectivity index (χ2v) is 4.09. The zero-order chi connectivity index (χ0) is 11.3. The molecule has 0 aliphatic heterocycles. The van der Waals surface area contributed by atoms with Crippen LogP contribution < -0.4 is 10.1 Å². The highest BCUT2D eigenvalue weighted by molar-refractivity contribution is 7.12. The molecule has 1 aromatic heterocycles. The molecule has 0 fully saturated rings. The lowest BCUT2D eigenvalue weighted by molar-refractivity contribution is 0.0801. The van der Waals surface area contributed by atoms with Gasteiger partial charge in [0.05, 0.1) is 12.0 Å². The Bertz CT molecular complexity index is 325. The highest BCUT2D eigenvalue weighted by Crippen LogP contribution is 2.21. The van der Waals surface area contributed by atoms with Gasteiger partial charge in [-0.15, -0.1) is 11.3 Å². The monoisotopic (exact) mass is 228 g/mol. The molecule has 15 heavy (non-hydrogen) atoms. The van der Waals surface area contributed by atoms with Gasteiger partial charge in [0.1, 0.15) is 5.75 Å². The molecule has 0 saturated carbocycles. The highest BCUT2D eigenvalue weighted by Gasteiger charge is 2.13. The van der Waals surface area contributed by atoms with Crippen LogP contribution in [-0.2, 0) is 0 Å². The standard InChI is InChI=1S/C10H16N2O2S/c1-11-4-5-12(2)10(13)9-6-8(14-3)7-15-9/h6-7,11H,4-5H2,1-3H3. The first kappa shape index (κ1) is 12.0. The van der Waals surface area contributed by atoms with Crippen LogP contribution in [-0.4, -0.2) is 45.1 Å². The van der Waals surface area contributed by atoms with Gasteiger partial charge in [0.25, 0.3) is 5.91 Å². The molecule has 0 aliphatic rings. The lowest BCUT2D eigenvalue weighted by Crippen LogP contribution is -2.32. The smallest absolute Gasteiger partial charge is 0.263 e. The molecule has 1 heterocycles. The van der Waals surface area contributed by atoms with E-state index in [1.807, 2.05) is 12.4 Å². The van der Waals surface area contributed by atoms with E-state index >= 15 is 0 Å². The van der Waals surface area contributed by atoms with Crippen molar-refractivity contribution < 1.29 is 9.53 Å². The average molecular weight is 228 g/mol. The topological polar surface area (TPSA) is 41.6 Å². The van der Waals surface area contributed by atoms with E-state index in [1.165, 1.54) is 11.3 Å². The van der Waals surface area contributed by atoms with Gasteiger partial charge < -0.3 is 15.0 Å². The zero-order valence-corrected chi connectivity index (χ0v) is 10.1. The van der Waals surface area contributed by atoms with Gasteiger partial charge in [-0.1, -0.05) is 0 Å². The quantitative estimate of drug-likeness (QED) is 0.819. The Hall–Kier alpha value is -1.07. The minimum atomic E-state index is 0.0403. The van der Waals surface area contributed by atoms with Gasteiger partial charge in [0, 0.05) is 31.6 Å². The summed E-state index contributed by atoms with van der Waals surface area (Å²) in [7, 11) is 5.26. The average Bonchev–Trinajstić information content (AvgIpc) is 2.73. The van der Waals surface area contributed by atoms with E-state index in [1.54, 1.807) is 25.1 Å². The molecule has 1 N–H and O–H groups in total. The van der Waals surface area contributed by atoms with Crippen LogP contribution in [0.3, 0.4) is 0 Å².